The lowest BCUT2D eigenvalue weighted by atomic mass is 9.93. The van der Waals surface area contributed by atoms with Gasteiger partial charge in [0.25, 0.3) is 0 Å². The second kappa shape index (κ2) is 4.86. The number of hydrogen-bond donors (Lipinski definition) is 2. The molecule has 0 saturated carbocycles. The highest BCUT2D eigenvalue weighted by Crippen LogP contribution is 2.29. The van der Waals surface area contributed by atoms with E-state index < -0.39 is 11.7 Å². The average Bonchev–Trinajstić information content (AvgIpc) is 2.29. The van der Waals surface area contributed by atoms with Crippen LogP contribution in [0.3, 0.4) is 0 Å². The van der Waals surface area contributed by atoms with Crippen LogP contribution >= 0.6 is 0 Å². The number of aliphatic hydroxyl groups is 2. The number of aliphatic hydroxyl groups excluding tert-OH is 1. The quantitative estimate of drug-likeness (QED) is 0.849. The Bertz CT molecular complexity index is 422. The first-order valence-corrected chi connectivity index (χ1v) is 6.34. The fourth-order valence-electron chi connectivity index (χ4n) is 2.27. The Morgan fingerprint density at radius 1 is 1.33 bits per heavy atom. The summed E-state index contributed by atoms with van der Waals surface area (Å²) in [7, 11) is 0. The molecule has 1 aliphatic heterocycles. The third-order valence-corrected chi connectivity index (χ3v) is 3.64. The molecule has 1 saturated heterocycles. The summed E-state index contributed by atoms with van der Waals surface area (Å²) >= 11 is 0. The van der Waals surface area contributed by atoms with Gasteiger partial charge in [-0.1, -0.05) is 6.07 Å². The van der Waals surface area contributed by atoms with E-state index in [-0.39, 0.29) is 5.82 Å². The third-order valence-electron chi connectivity index (χ3n) is 3.64. The SMILES string of the molecule is CC(O)c1ccc(N2CCC(C)(O)CC2)c(F)c1. The molecule has 2 rings (SSSR count). The lowest BCUT2D eigenvalue weighted by molar-refractivity contribution is 0.0350. The topological polar surface area (TPSA) is 43.7 Å². The highest BCUT2D eigenvalue weighted by atomic mass is 19.1. The number of nitrogens with zero attached hydrogens (tertiary/aromatic N) is 1. The molecule has 1 heterocycles. The van der Waals surface area contributed by atoms with Crippen LogP contribution in [0.2, 0.25) is 0 Å². The lowest BCUT2D eigenvalue weighted by Crippen LogP contribution is -2.42. The Morgan fingerprint density at radius 2 is 1.94 bits per heavy atom. The second-order valence-corrected chi connectivity index (χ2v) is 5.37. The van der Waals surface area contributed by atoms with Gasteiger partial charge in [0.1, 0.15) is 5.82 Å². The molecular formula is C14H20FNO2. The van der Waals surface area contributed by atoms with Gasteiger partial charge < -0.3 is 15.1 Å². The summed E-state index contributed by atoms with van der Waals surface area (Å²) in [6.45, 7) is 4.74. The van der Waals surface area contributed by atoms with E-state index in [2.05, 4.69) is 0 Å². The molecular weight excluding hydrogens is 233 g/mol. The Balaban J connectivity index is 2.15. The Kier molecular flexibility index (Phi) is 3.59. The number of benzene rings is 1. The molecule has 1 aliphatic rings. The summed E-state index contributed by atoms with van der Waals surface area (Å²) in [6.07, 6.45) is 0.630. The first-order chi connectivity index (χ1) is 8.39. The number of rotatable bonds is 2. The van der Waals surface area contributed by atoms with Gasteiger partial charge in [-0.25, -0.2) is 4.39 Å². The first kappa shape index (κ1) is 13.3. The zero-order valence-corrected chi connectivity index (χ0v) is 10.9. The minimum absolute atomic E-state index is 0.310. The Labute approximate surface area is 107 Å². The van der Waals surface area contributed by atoms with Crippen LogP contribution in [-0.2, 0) is 0 Å². The maximum atomic E-state index is 14.0. The Morgan fingerprint density at radius 3 is 2.44 bits per heavy atom. The molecule has 1 aromatic rings. The second-order valence-electron chi connectivity index (χ2n) is 5.37. The van der Waals surface area contributed by atoms with E-state index >= 15 is 0 Å². The van der Waals surface area contributed by atoms with Gasteiger partial charge in [0.05, 0.1) is 17.4 Å². The van der Waals surface area contributed by atoms with Gasteiger partial charge in [-0.3, -0.25) is 0 Å². The molecule has 1 unspecified atom stereocenters. The van der Waals surface area contributed by atoms with Crippen LogP contribution in [0.1, 0.15) is 38.4 Å². The summed E-state index contributed by atoms with van der Waals surface area (Å²) in [5.74, 6) is -0.310. The zero-order valence-electron chi connectivity index (χ0n) is 10.9. The van der Waals surface area contributed by atoms with Crippen molar-refractivity contribution in [2.24, 2.45) is 0 Å². The predicted octanol–water partition coefficient (Wildman–Crippen LogP) is 2.23. The molecule has 1 aromatic carbocycles. The van der Waals surface area contributed by atoms with Crippen LogP contribution in [0, 0.1) is 5.82 Å². The van der Waals surface area contributed by atoms with Crippen molar-refractivity contribution in [2.45, 2.75) is 38.4 Å². The predicted molar refractivity (Wildman–Crippen MR) is 69.1 cm³/mol. The van der Waals surface area contributed by atoms with E-state index in [9.17, 15) is 14.6 Å². The summed E-state index contributed by atoms with van der Waals surface area (Å²) in [4.78, 5) is 1.94. The van der Waals surface area contributed by atoms with Crippen LogP contribution in [0.15, 0.2) is 18.2 Å². The van der Waals surface area contributed by atoms with Crippen LogP contribution < -0.4 is 4.90 Å². The van der Waals surface area contributed by atoms with E-state index in [1.54, 1.807) is 19.1 Å². The van der Waals surface area contributed by atoms with Crippen molar-refractivity contribution in [3.8, 4) is 0 Å². The molecule has 2 N–H and O–H groups in total. The average molecular weight is 253 g/mol. The number of anilines is 1. The molecule has 18 heavy (non-hydrogen) atoms. The molecule has 4 heteroatoms. The standard InChI is InChI=1S/C14H20FNO2/c1-10(17)11-3-4-13(12(15)9-11)16-7-5-14(2,18)6-8-16/h3-4,9-10,17-18H,5-8H2,1-2H3. The Hall–Kier alpha value is -1.13. The van der Waals surface area contributed by atoms with Crippen LogP contribution in [-0.4, -0.2) is 28.9 Å². The molecule has 1 fully saturated rings. The summed E-state index contributed by atoms with van der Waals surface area (Å²) in [5.41, 5.74) is 0.502. The van der Waals surface area contributed by atoms with E-state index in [0.29, 0.717) is 37.2 Å². The van der Waals surface area contributed by atoms with Gasteiger partial charge in [-0.05, 0) is 44.4 Å². The van der Waals surface area contributed by atoms with Crippen molar-refractivity contribution in [2.75, 3.05) is 18.0 Å². The monoisotopic (exact) mass is 253 g/mol. The molecule has 0 aromatic heterocycles. The fraction of sp³-hybridized carbons (Fsp3) is 0.571. The van der Waals surface area contributed by atoms with Crippen molar-refractivity contribution in [3.63, 3.8) is 0 Å². The van der Waals surface area contributed by atoms with Gasteiger partial charge in [-0.15, -0.1) is 0 Å². The van der Waals surface area contributed by atoms with Crippen LogP contribution in [0.25, 0.3) is 0 Å². The van der Waals surface area contributed by atoms with Gasteiger partial charge in [-0.2, -0.15) is 0 Å². The van der Waals surface area contributed by atoms with Crippen molar-refractivity contribution in [1.29, 1.82) is 0 Å². The first-order valence-electron chi connectivity index (χ1n) is 6.34. The van der Waals surface area contributed by atoms with Crippen molar-refractivity contribution < 1.29 is 14.6 Å². The molecule has 0 radical (unpaired) electrons. The largest absolute Gasteiger partial charge is 0.390 e. The number of piperidine rings is 1. The molecule has 0 bridgehead atoms. The smallest absolute Gasteiger partial charge is 0.146 e. The van der Waals surface area contributed by atoms with Crippen molar-refractivity contribution in [1.82, 2.24) is 0 Å². The van der Waals surface area contributed by atoms with Crippen LogP contribution in [0.5, 0.6) is 0 Å². The minimum atomic E-state index is -0.657. The number of halogens is 1. The van der Waals surface area contributed by atoms with Crippen LogP contribution in [0.4, 0.5) is 10.1 Å². The lowest BCUT2D eigenvalue weighted by Gasteiger charge is -2.37. The molecule has 0 amide bonds. The van der Waals surface area contributed by atoms with E-state index in [1.165, 1.54) is 6.07 Å². The molecule has 0 spiro atoms. The molecule has 100 valence electrons. The normalized spacial score (nSPS) is 20.8. The van der Waals surface area contributed by atoms with Gasteiger partial charge in [0.15, 0.2) is 0 Å². The van der Waals surface area contributed by atoms with E-state index in [0.717, 1.165) is 0 Å². The summed E-state index contributed by atoms with van der Waals surface area (Å²) in [6, 6.07) is 4.83. The summed E-state index contributed by atoms with van der Waals surface area (Å²) < 4.78 is 14.0. The molecule has 0 aliphatic carbocycles. The van der Waals surface area contributed by atoms with E-state index in [4.69, 9.17) is 0 Å². The highest BCUT2D eigenvalue weighted by Gasteiger charge is 2.28. The molecule has 3 nitrogen and oxygen atoms in total. The molecule has 1 atom stereocenters. The van der Waals surface area contributed by atoms with Crippen molar-refractivity contribution >= 4 is 5.69 Å². The third kappa shape index (κ3) is 2.82. The zero-order chi connectivity index (χ0) is 13.3. The van der Waals surface area contributed by atoms with E-state index in [1.807, 2.05) is 11.8 Å². The minimum Gasteiger partial charge on any atom is -0.390 e. The van der Waals surface area contributed by atoms with Gasteiger partial charge in [0.2, 0.25) is 0 Å². The van der Waals surface area contributed by atoms with Crippen molar-refractivity contribution in [3.05, 3.63) is 29.6 Å². The highest BCUT2D eigenvalue weighted by molar-refractivity contribution is 5.50. The summed E-state index contributed by atoms with van der Waals surface area (Å²) in [5, 5.41) is 19.3. The van der Waals surface area contributed by atoms with Gasteiger partial charge >= 0.3 is 0 Å². The maximum absolute atomic E-state index is 14.0. The maximum Gasteiger partial charge on any atom is 0.146 e. The fourth-order valence-corrected chi connectivity index (χ4v) is 2.27. The number of hydrogen-bond acceptors (Lipinski definition) is 3. The van der Waals surface area contributed by atoms with Gasteiger partial charge in [0, 0.05) is 13.1 Å².